The van der Waals surface area contributed by atoms with Crippen molar-refractivity contribution in [2.75, 3.05) is 6.23 Å². The predicted molar refractivity (Wildman–Crippen MR) is 82.2 cm³/mol. The fourth-order valence-corrected chi connectivity index (χ4v) is 3.70. The van der Waals surface area contributed by atoms with E-state index < -0.39 is 8.07 Å². The standard InChI is InChI=1S/C15H17ClO2Si/c1-19(2,13-9-7-12(16)8-10-13)11-18-15-6-4-3-5-14(15)17/h3-10,17H,11H2,1-2H3. The van der Waals surface area contributed by atoms with E-state index in [9.17, 15) is 5.11 Å². The van der Waals surface area contributed by atoms with Gasteiger partial charge in [-0.2, -0.15) is 0 Å². The summed E-state index contributed by atoms with van der Waals surface area (Å²) in [7, 11) is -1.70. The van der Waals surface area contributed by atoms with Gasteiger partial charge in [0.05, 0.1) is 6.23 Å². The third-order valence-electron chi connectivity index (χ3n) is 3.08. The van der Waals surface area contributed by atoms with Gasteiger partial charge < -0.3 is 9.84 Å². The molecule has 4 heteroatoms. The van der Waals surface area contributed by atoms with Crippen LogP contribution in [-0.2, 0) is 0 Å². The van der Waals surface area contributed by atoms with Gasteiger partial charge in [0, 0.05) is 5.02 Å². The Labute approximate surface area is 119 Å². The average Bonchev–Trinajstić information content (AvgIpc) is 2.38. The van der Waals surface area contributed by atoms with Crippen LogP contribution >= 0.6 is 11.6 Å². The second-order valence-electron chi connectivity index (χ2n) is 5.15. The fraction of sp³-hybridized carbons (Fsp3) is 0.200. The van der Waals surface area contributed by atoms with Gasteiger partial charge in [0.2, 0.25) is 0 Å². The molecular formula is C15H17ClO2Si. The predicted octanol–water partition coefficient (Wildman–Crippen LogP) is 3.58. The van der Waals surface area contributed by atoms with E-state index in [0.717, 1.165) is 5.02 Å². The molecule has 2 rings (SSSR count). The van der Waals surface area contributed by atoms with Crippen LogP contribution in [0.25, 0.3) is 0 Å². The van der Waals surface area contributed by atoms with Crippen LogP contribution in [0.3, 0.4) is 0 Å². The van der Waals surface area contributed by atoms with E-state index in [1.165, 1.54) is 5.19 Å². The Balaban J connectivity index is 2.09. The molecule has 0 saturated carbocycles. The lowest BCUT2D eigenvalue weighted by Gasteiger charge is -2.23. The third kappa shape index (κ3) is 3.52. The van der Waals surface area contributed by atoms with E-state index in [1.54, 1.807) is 18.2 Å². The second-order valence-corrected chi connectivity index (χ2v) is 10.2. The molecule has 0 aliphatic heterocycles. The highest BCUT2D eigenvalue weighted by Gasteiger charge is 2.25. The lowest BCUT2D eigenvalue weighted by Crippen LogP contribution is -2.47. The number of ether oxygens (including phenoxy) is 1. The molecule has 2 aromatic carbocycles. The van der Waals surface area contributed by atoms with Crippen molar-refractivity contribution < 1.29 is 9.84 Å². The van der Waals surface area contributed by atoms with Gasteiger partial charge in [-0.15, -0.1) is 0 Å². The summed E-state index contributed by atoms with van der Waals surface area (Å²) in [5.41, 5.74) is 0. The molecule has 100 valence electrons. The number of rotatable bonds is 4. The number of phenolic OH excluding ortho intramolecular Hbond substituents is 1. The zero-order chi connectivity index (χ0) is 13.9. The van der Waals surface area contributed by atoms with E-state index >= 15 is 0 Å². The van der Waals surface area contributed by atoms with E-state index in [4.69, 9.17) is 16.3 Å². The number of aromatic hydroxyl groups is 1. The van der Waals surface area contributed by atoms with E-state index in [0.29, 0.717) is 12.0 Å². The first kappa shape index (κ1) is 14.0. The average molecular weight is 293 g/mol. The SMILES string of the molecule is C[Si](C)(COc1ccccc1O)c1ccc(Cl)cc1. The molecule has 2 aromatic rings. The summed E-state index contributed by atoms with van der Waals surface area (Å²) >= 11 is 5.91. The number of halogens is 1. The summed E-state index contributed by atoms with van der Waals surface area (Å²) in [5.74, 6) is 0.723. The highest BCUT2D eigenvalue weighted by molar-refractivity contribution is 6.89. The van der Waals surface area contributed by atoms with Crippen LogP contribution in [-0.4, -0.2) is 19.4 Å². The van der Waals surface area contributed by atoms with Gasteiger partial charge in [0.1, 0.15) is 8.07 Å². The van der Waals surface area contributed by atoms with Crippen LogP contribution in [0.2, 0.25) is 18.1 Å². The Bertz CT molecular complexity index is 552. The molecule has 0 unspecified atom stereocenters. The van der Waals surface area contributed by atoms with Gasteiger partial charge >= 0.3 is 0 Å². The summed E-state index contributed by atoms with van der Waals surface area (Å²) in [6.07, 6.45) is 0.617. The summed E-state index contributed by atoms with van der Waals surface area (Å²) in [6.45, 7) is 4.46. The molecule has 0 aromatic heterocycles. The van der Waals surface area contributed by atoms with Crippen molar-refractivity contribution >= 4 is 24.9 Å². The summed E-state index contributed by atoms with van der Waals surface area (Å²) in [4.78, 5) is 0. The molecule has 1 N–H and O–H groups in total. The van der Waals surface area contributed by atoms with Crippen molar-refractivity contribution in [3.63, 3.8) is 0 Å². The summed E-state index contributed by atoms with van der Waals surface area (Å²) in [6, 6.07) is 15.0. The topological polar surface area (TPSA) is 29.5 Å². The fourth-order valence-electron chi connectivity index (χ4n) is 1.82. The Morgan fingerprint density at radius 3 is 2.32 bits per heavy atom. The molecule has 2 nitrogen and oxygen atoms in total. The maximum Gasteiger partial charge on any atom is 0.160 e. The van der Waals surface area contributed by atoms with E-state index in [2.05, 4.69) is 25.2 Å². The first-order valence-corrected chi connectivity index (χ1v) is 9.74. The van der Waals surface area contributed by atoms with E-state index in [-0.39, 0.29) is 5.75 Å². The number of para-hydroxylation sites is 2. The lowest BCUT2D eigenvalue weighted by atomic mass is 10.3. The van der Waals surface area contributed by atoms with Crippen molar-refractivity contribution in [2.24, 2.45) is 0 Å². The van der Waals surface area contributed by atoms with Crippen molar-refractivity contribution in [1.29, 1.82) is 0 Å². The molecule has 0 bridgehead atoms. The van der Waals surface area contributed by atoms with Crippen LogP contribution in [0.1, 0.15) is 0 Å². The zero-order valence-corrected chi connectivity index (χ0v) is 12.8. The molecule has 0 fully saturated rings. The van der Waals surface area contributed by atoms with Crippen molar-refractivity contribution in [1.82, 2.24) is 0 Å². The first-order chi connectivity index (χ1) is 8.99. The summed E-state index contributed by atoms with van der Waals surface area (Å²) < 4.78 is 5.76. The summed E-state index contributed by atoms with van der Waals surface area (Å²) in [5, 5.41) is 11.7. The molecule has 19 heavy (non-hydrogen) atoms. The zero-order valence-electron chi connectivity index (χ0n) is 11.1. The monoisotopic (exact) mass is 292 g/mol. The van der Waals surface area contributed by atoms with Crippen LogP contribution in [0, 0.1) is 0 Å². The minimum absolute atomic E-state index is 0.184. The van der Waals surface area contributed by atoms with Gasteiger partial charge in [-0.05, 0) is 24.3 Å². The second kappa shape index (κ2) is 5.68. The largest absolute Gasteiger partial charge is 0.504 e. The van der Waals surface area contributed by atoms with Crippen LogP contribution < -0.4 is 9.92 Å². The van der Waals surface area contributed by atoms with Crippen molar-refractivity contribution in [3.8, 4) is 11.5 Å². The highest BCUT2D eigenvalue weighted by atomic mass is 35.5. The smallest absolute Gasteiger partial charge is 0.160 e. The number of benzene rings is 2. The van der Waals surface area contributed by atoms with Crippen LogP contribution in [0.15, 0.2) is 48.5 Å². The maximum absolute atomic E-state index is 9.69. The molecule has 0 atom stereocenters. The maximum atomic E-state index is 9.69. The van der Waals surface area contributed by atoms with Gasteiger partial charge in [0.25, 0.3) is 0 Å². The molecule has 0 saturated heterocycles. The minimum Gasteiger partial charge on any atom is -0.504 e. The molecule has 0 aliphatic carbocycles. The van der Waals surface area contributed by atoms with Crippen molar-refractivity contribution in [2.45, 2.75) is 13.1 Å². The Kier molecular flexibility index (Phi) is 4.17. The Morgan fingerprint density at radius 1 is 1.05 bits per heavy atom. The Hall–Kier alpha value is -1.45. The minimum atomic E-state index is -1.70. The Morgan fingerprint density at radius 2 is 1.68 bits per heavy atom. The van der Waals surface area contributed by atoms with Gasteiger partial charge in [0.15, 0.2) is 11.5 Å². The molecular weight excluding hydrogens is 276 g/mol. The third-order valence-corrected chi connectivity index (χ3v) is 6.09. The molecule has 0 amide bonds. The molecule has 0 spiro atoms. The number of phenols is 1. The quantitative estimate of drug-likeness (QED) is 0.873. The van der Waals surface area contributed by atoms with Gasteiger partial charge in [-0.25, -0.2) is 0 Å². The van der Waals surface area contributed by atoms with E-state index in [1.807, 2.05) is 18.2 Å². The highest BCUT2D eigenvalue weighted by Crippen LogP contribution is 2.25. The first-order valence-electron chi connectivity index (χ1n) is 6.16. The molecule has 0 aliphatic rings. The van der Waals surface area contributed by atoms with Crippen molar-refractivity contribution in [3.05, 3.63) is 53.6 Å². The normalized spacial score (nSPS) is 11.3. The van der Waals surface area contributed by atoms with Gasteiger partial charge in [-0.3, -0.25) is 0 Å². The van der Waals surface area contributed by atoms with Crippen LogP contribution in [0.4, 0.5) is 0 Å². The van der Waals surface area contributed by atoms with Gasteiger partial charge in [-0.1, -0.05) is 54.1 Å². The number of hydrogen-bond donors (Lipinski definition) is 1. The molecule has 0 radical (unpaired) electrons. The van der Waals surface area contributed by atoms with Crippen LogP contribution in [0.5, 0.6) is 11.5 Å². The number of hydrogen-bond acceptors (Lipinski definition) is 2. The molecule has 0 heterocycles. The lowest BCUT2D eigenvalue weighted by molar-refractivity contribution is 0.348.